The molecule has 4 N–H and O–H groups in total. The third kappa shape index (κ3) is 46.2. The number of anilines is 3. The van der Waals surface area contributed by atoms with Gasteiger partial charge >= 0.3 is 0 Å². The van der Waals surface area contributed by atoms with E-state index in [2.05, 4.69) is 240 Å². The molecular formula is C111H151ClFN7O8S5. The van der Waals surface area contributed by atoms with Crippen LogP contribution in [0.25, 0.3) is 0 Å². The highest BCUT2D eigenvalue weighted by atomic mass is 35.5. The van der Waals surface area contributed by atoms with E-state index < -0.39 is 48.8 Å². The Morgan fingerprint density at radius 2 is 0.805 bits per heavy atom. The van der Waals surface area contributed by atoms with E-state index in [1.807, 2.05) is 135 Å². The molecule has 0 saturated carbocycles. The molecule has 3 atom stereocenters. The highest BCUT2D eigenvalue weighted by molar-refractivity contribution is 8.01. The minimum Gasteiger partial charge on any atom is -0.372 e. The summed E-state index contributed by atoms with van der Waals surface area (Å²) in [7, 11) is -13.3. The van der Waals surface area contributed by atoms with E-state index in [0.717, 1.165) is 38.4 Å². The number of nitriles is 1. The van der Waals surface area contributed by atoms with Crippen molar-refractivity contribution in [3.05, 3.63) is 343 Å². The van der Waals surface area contributed by atoms with Crippen LogP contribution in [0.5, 0.6) is 0 Å². The molecule has 1 fully saturated rings. The fourth-order valence-electron chi connectivity index (χ4n) is 12.7. The second-order valence-corrected chi connectivity index (χ2v) is 47.9. The third-order valence-corrected chi connectivity index (χ3v) is 26.6. The van der Waals surface area contributed by atoms with E-state index in [4.69, 9.17) is 22.0 Å². The lowest BCUT2D eigenvalue weighted by Crippen LogP contribution is -2.29. The number of ketones is 1. The maximum absolute atomic E-state index is 12.8. The molecule has 0 spiro atoms. The lowest BCUT2D eigenvalue weighted by atomic mass is 10.0. The fraction of sp³-hybridized carbons (Fsp3) is 0.378. The number of aryl methyl sites for hydroxylation is 2. The van der Waals surface area contributed by atoms with Gasteiger partial charge in [-0.15, -0.1) is 0 Å². The van der Waals surface area contributed by atoms with Crippen molar-refractivity contribution < 1.29 is 38.6 Å². The highest BCUT2D eigenvalue weighted by Gasteiger charge is 2.18. The van der Waals surface area contributed by atoms with Crippen LogP contribution in [-0.2, 0) is 54.6 Å². The number of piperidine rings is 1. The van der Waals surface area contributed by atoms with Crippen molar-refractivity contribution in [3.8, 4) is 6.07 Å². The molecule has 12 rings (SSSR count). The number of aromatic nitrogens is 2. The van der Waals surface area contributed by atoms with E-state index in [0.29, 0.717) is 75.5 Å². The average molecular weight is 1930 g/mol. The molecule has 11 aromatic rings. The first-order valence-corrected chi connectivity index (χ1v) is 55.4. The van der Waals surface area contributed by atoms with Crippen LogP contribution in [0.1, 0.15) is 312 Å². The van der Waals surface area contributed by atoms with E-state index >= 15 is 0 Å². The molecule has 1 aliphatic rings. The number of hydrogen-bond donors (Lipinski definition) is 3. The number of rotatable bonds is 21. The van der Waals surface area contributed by atoms with Gasteiger partial charge in [0.15, 0.2) is 5.78 Å². The predicted octanol–water partition coefficient (Wildman–Crippen LogP) is 28.0. The Labute approximate surface area is 807 Å². The summed E-state index contributed by atoms with van der Waals surface area (Å²) < 4.78 is 98.4. The van der Waals surface area contributed by atoms with E-state index in [1.165, 1.54) is 119 Å². The zero-order chi connectivity index (χ0) is 100. The van der Waals surface area contributed by atoms with Gasteiger partial charge in [-0.2, -0.15) is 5.26 Å². The highest BCUT2D eigenvalue weighted by Crippen LogP contribution is 2.28. The van der Waals surface area contributed by atoms with Gasteiger partial charge in [-0.1, -0.05) is 307 Å². The van der Waals surface area contributed by atoms with Gasteiger partial charge in [0.1, 0.15) is 11.9 Å². The minimum atomic E-state index is -3.63. The molecule has 15 nitrogen and oxygen atoms in total. The molecule has 1 aliphatic heterocycles. The van der Waals surface area contributed by atoms with Crippen LogP contribution in [0.2, 0.25) is 5.02 Å². The van der Waals surface area contributed by atoms with Crippen LogP contribution in [-0.4, -0.2) is 94.7 Å². The summed E-state index contributed by atoms with van der Waals surface area (Å²) in [5, 5.41) is 14.1. The Bertz CT molecular complexity index is 5900. The Kier molecular flexibility index (Phi) is 50.2. The molecule has 1 saturated heterocycles. The Morgan fingerprint density at radius 3 is 1.17 bits per heavy atom. The van der Waals surface area contributed by atoms with Crippen molar-refractivity contribution in [3.63, 3.8) is 0 Å². The fourth-order valence-corrected chi connectivity index (χ4v) is 16.6. The van der Waals surface area contributed by atoms with Gasteiger partial charge in [-0.25, -0.2) is 45.3 Å². The van der Waals surface area contributed by atoms with E-state index in [1.54, 1.807) is 69.0 Å². The zero-order valence-corrected chi connectivity index (χ0v) is 88.6. The number of carbonyl (C=O) groups excluding carboxylic acids is 1. The number of Topliss-reactive ketones (excluding diaryl/α,β-unsaturated/α-hetero) is 1. The van der Waals surface area contributed by atoms with Gasteiger partial charge < -0.3 is 9.62 Å². The summed E-state index contributed by atoms with van der Waals surface area (Å²) >= 11 is 5.85. The summed E-state index contributed by atoms with van der Waals surface area (Å²) in [6.07, 6.45) is 12.0. The first-order chi connectivity index (χ1) is 61.9. The molecule has 0 radical (unpaired) electrons. The van der Waals surface area contributed by atoms with Crippen molar-refractivity contribution in [2.75, 3.05) is 46.2 Å². The van der Waals surface area contributed by atoms with Crippen LogP contribution < -0.4 is 19.5 Å². The monoisotopic (exact) mass is 1920 g/mol. The number of halogens is 2. The summed E-state index contributed by atoms with van der Waals surface area (Å²) in [6, 6.07) is 77.6. The van der Waals surface area contributed by atoms with Crippen molar-refractivity contribution in [1.82, 2.24) is 9.97 Å². The number of nitrogens with zero attached hydrogens (tertiary/aromatic N) is 4. The molecular weight excluding hydrogens is 1770 g/mol. The van der Waals surface area contributed by atoms with Crippen LogP contribution in [0, 0.1) is 31.0 Å². The van der Waals surface area contributed by atoms with Gasteiger partial charge in [0.2, 0.25) is 16.0 Å². The number of nitrogens with two attached hydrogens (primary N) is 1. The average Bonchev–Trinajstić information content (AvgIpc) is 0.819. The number of hydrogen-bond acceptors (Lipinski definition) is 12. The standard InChI is InChI=1S/C14H21N.C13H15N3O2S.C12H18OS.C11H17NOS.C11H16OS.C11H14O.C10H10ClN.C10H13F.C10H14.C9H13NO2S/c1-12(2)13-6-8-14(9-7-13)15-10-4-3-5-11-15;1-10(2)11-4-6-12(7-5-11)19(17,18)16-13-14-8-3-9-15-13;1-10(2)12-7-5-11(6-8-12)9-14(3,4)13;1-9(2)10-6-5-7-11(8-10)12-14(3,4)13;1-9(2)10-5-7-11(8-6-10)13(3,4)12;1-8(2)10-4-6-11(7-5-10)9(3)12;1-7(2)8-3-4-9(6-12)10(11)5-8;1-7(2)9-4-5-10(11)8(3)6-9;1-8(2)10-6-4-5-9(3)7-10;1-7(2)8-3-5-9(6-4-8)13(10,11)12/h6-9,12H,3-5,10-11H2,1-2H3;3-10H,1-2H3,(H,14,15,16);5-8,10H,3,9H2,1-2,4H3;5-9H,3H2,1-2,4H3,(H,12,13);5-9H,3H2,1-2,4H3;4-8H,1-3H3;3-5,7H,1-2H3;4-7H,1-3H3;4-8H,1-3H3;3-7H,1-2H3,(H2,10,11,12). The molecule has 0 amide bonds. The van der Waals surface area contributed by atoms with E-state index in [-0.39, 0.29) is 27.3 Å². The predicted molar refractivity (Wildman–Crippen MR) is 574 cm³/mol. The van der Waals surface area contributed by atoms with Crippen LogP contribution in [0.4, 0.5) is 21.7 Å². The zero-order valence-electron chi connectivity index (χ0n) is 83.7. The first kappa shape index (κ1) is 117. The van der Waals surface area contributed by atoms with Gasteiger partial charge in [0, 0.05) is 81.5 Å². The van der Waals surface area contributed by atoms with Crippen LogP contribution in [0.3, 0.4) is 0 Å². The number of sulfonamides is 2. The molecule has 22 heteroatoms. The Morgan fingerprint density at radius 1 is 0.444 bits per heavy atom. The summed E-state index contributed by atoms with van der Waals surface area (Å²) in [5.41, 5.74) is 19.3. The number of nitrogens with one attached hydrogen (secondary N) is 2. The molecule has 3 unspecified atom stereocenters. The largest absolute Gasteiger partial charge is 0.372 e. The van der Waals surface area contributed by atoms with Crippen LogP contribution >= 0.6 is 11.6 Å². The quantitative estimate of drug-likeness (QED) is 0.0450. The first-order valence-electron chi connectivity index (χ1n) is 45.4. The molecule has 2 heterocycles. The molecule has 0 aliphatic carbocycles. The molecule has 0 bridgehead atoms. The Hall–Kier alpha value is -10.0. The summed E-state index contributed by atoms with van der Waals surface area (Å²) in [4.78, 5) is 22.3. The smallest absolute Gasteiger partial charge is 0.264 e. The maximum atomic E-state index is 12.8. The van der Waals surface area contributed by atoms with Gasteiger partial charge in [-0.3, -0.25) is 13.2 Å². The normalized spacial score (nSPS) is 13.0. The lowest BCUT2D eigenvalue weighted by molar-refractivity contribution is 0.101. The van der Waals surface area contributed by atoms with E-state index in [9.17, 15) is 38.6 Å². The maximum Gasteiger partial charge on any atom is 0.264 e. The number of benzene rings is 10. The number of primary sulfonamides is 1. The van der Waals surface area contributed by atoms with Gasteiger partial charge in [0.25, 0.3) is 10.0 Å². The third-order valence-electron chi connectivity index (χ3n) is 21.2. The Balaban J connectivity index is 0.000000382. The van der Waals surface area contributed by atoms with Crippen molar-refractivity contribution in [1.29, 1.82) is 5.26 Å². The molecule has 10 aromatic carbocycles. The number of carbonyl (C=O) groups is 1. The second-order valence-electron chi connectivity index (χ2n) is 36.9. The SMILES string of the molecule is C=S(C)(=O)Cc1ccc(C(C)C)cc1.C=S(C)(=O)Nc1cccc(C(C)C)c1.C=S(C)(=O)c1ccc(C(C)C)cc1.CC(=O)c1ccc(C(C)C)cc1.CC(C)c1ccc(C#N)c(Cl)c1.CC(C)c1ccc(N2CCCCC2)cc1.CC(C)c1ccc(S(=O)(=O)Nc2ncccn2)cc1.CC(C)c1ccc(S(N)(=O)=O)cc1.Cc1cc(C(C)C)ccc1F.Cc1cccc(C(C)C)c1. The summed E-state index contributed by atoms with van der Waals surface area (Å²) in [5.74, 6) is 16.6. The summed E-state index contributed by atoms with van der Waals surface area (Å²) in [6.45, 7) is 50.7. The van der Waals surface area contributed by atoms with Crippen molar-refractivity contribution in [2.24, 2.45) is 5.14 Å². The topological polar surface area (TPSA) is 239 Å². The van der Waals surface area contributed by atoms with Gasteiger partial charge in [0.05, 0.1) is 20.4 Å². The van der Waals surface area contributed by atoms with Crippen molar-refractivity contribution >= 4 is 101 Å². The lowest BCUT2D eigenvalue weighted by Gasteiger charge is -2.29. The minimum absolute atomic E-state index is 0.0652. The molecule has 133 heavy (non-hydrogen) atoms. The van der Waals surface area contributed by atoms with Crippen molar-refractivity contribution in [2.45, 2.75) is 258 Å². The second kappa shape index (κ2) is 57.0. The molecule has 1 aromatic heterocycles. The van der Waals surface area contributed by atoms with Gasteiger partial charge in [-0.05, 0) is 288 Å². The van der Waals surface area contributed by atoms with Crippen LogP contribution in [0.15, 0.2) is 264 Å². The molecule has 722 valence electrons.